The first-order valence-corrected chi connectivity index (χ1v) is 7.45. The van der Waals surface area contributed by atoms with Crippen molar-refractivity contribution in [2.75, 3.05) is 12.3 Å². The Balaban J connectivity index is 1.93. The SMILES string of the molecule is CCS(=O)(=O)NC1CCNC2(CCC2)C1. The second kappa shape index (κ2) is 4.03. The van der Waals surface area contributed by atoms with E-state index in [1.165, 1.54) is 19.3 Å². The normalized spacial score (nSPS) is 30.1. The summed E-state index contributed by atoms with van der Waals surface area (Å²) in [6.07, 6.45) is 5.57. The summed E-state index contributed by atoms with van der Waals surface area (Å²) >= 11 is 0. The summed E-state index contributed by atoms with van der Waals surface area (Å²) in [5.41, 5.74) is 0.263. The van der Waals surface area contributed by atoms with Gasteiger partial charge in [-0.2, -0.15) is 0 Å². The van der Waals surface area contributed by atoms with Crippen molar-refractivity contribution in [3.63, 3.8) is 0 Å². The number of hydrogen-bond donors (Lipinski definition) is 2. The molecule has 2 N–H and O–H groups in total. The summed E-state index contributed by atoms with van der Waals surface area (Å²) in [7, 11) is -3.03. The Labute approximate surface area is 91.9 Å². The Morgan fingerprint density at radius 2 is 2.20 bits per heavy atom. The monoisotopic (exact) mass is 232 g/mol. The quantitative estimate of drug-likeness (QED) is 0.749. The summed E-state index contributed by atoms with van der Waals surface area (Å²) < 4.78 is 25.7. The van der Waals surface area contributed by atoms with Crippen LogP contribution in [0.15, 0.2) is 0 Å². The molecule has 0 aromatic heterocycles. The van der Waals surface area contributed by atoms with Gasteiger partial charge in [0.05, 0.1) is 5.75 Å². The summed E-state index contributed by atoms with van der Waals surface area (Å²) in [4.78, 5) is 0. The van der Waals surface area contributed by atoms with Crippen molar-refractivity contribution in [1.29, 1.82) is 0 Å². The Hall–Kier alpha value is -0.130. The zero-order valence-corrected chi connectivity index (χ0v) is 10.1. The minimum Gasteiger partial charge on any atom is -0.311 e. The van der Waals surface area contributed by atoms with Crippen LogP contribution in [0.25, 0.3) is 0 Å². The van der Waals surface area contributed by atoms with E-state index in [2.05, 4.69) is 10.0 Å². The van der Waals surface area contributed by atoms with Gasteiger partial charge in [-0.3, -0.25) is 0 Å². The van der Waals surface area contributed by atoms with Crippen LogP contribution in [0, 0.1) is 0 Å². The zero-order chi connectivity index (χ0) is 10.9. The first kappa shape index (κ1) is 11.4. The summed E-state index contributed by atoms with van der Waals surface area (Å²) in [6.45, 7) is 2.62. The maximum absolute atomic E-state index is 11.5. The van der Waals surface area contributed by atoms with E-state index in [1.807, 2.05) is 0 Å². The van der Waals surface area contributed by atoms with Gasteiger partial charge in [-0.15, -0.1) is 0 Å². The molecule has 1 saturated heterocycles. The van der Waals surface area contributed by atoms with Crippen LogP contribution in [-0.4, -0.2) is 32.3 Å². The number of rotatable bonds is 3. The summed E-state index contributed by atoms with van der Waals surface area (Å²) in [5, 5.41) is 3.53. The molecule has 88 valence electrons. The van der Waals surface area contributed by atoms with Crippen LogP contribution >= 0.6 is 0 Å². The van der Waals surface area contributed by atoms with Crippen molar-refractivity contribution < 1.29 is 8.42 Å². The van der Waals surface area contributed by atoms with E-state index in [1.54, 1.807) is 6.92 Å². The highest BCUT2D eigenvalue weighted by atomic mass is 32.2. The first-order valence-electron chi connectivity index (χ1n) is 5.80. The maximum atomic E-state index is 11.5. The van der Waals surface area contributed by atoms with Crippen molar-refractivity contribution >= 4 is 10.0 Å². The van der Waals surface area contributed by atoms with Crippen LogP contribution in [0.3, 0.4) is 0 Å². The van der Waals surface area contributed by atoms with Crippen LogP contribution in [0.1, 0.15) is 39.0 Å². The largest absolute Gasteiger partial charge is 0.311 e. The number of piperidine rings is 1. The predicted octanol–water partition coefficient (Wildman–Crippen LogP) is 0.600. The van der Waals surface area contributed by atoms with Gasteiger partial charge in [0, 0.05) is 11.6 Å². The van der Waals surface area contributed by atoms with Crippen LogP contribution in [0.4, 0.5) is 0 Å². The average molecular weight is 232 g/mol. The highest BCUT2D eigenvalue weighted by molar-refractivity contribution is 7.89. The molecule has 0 amide bonds. The van der Waals surface area contributed by atoms with Gasteiger partial charge in [0.25, 0.3) is 0 Å². The van der Waals surface area contributed by atoms with Crippen molar-refractivity contribution in [1.82, 2.24) is 10.0 Å². The second-order valence-corrected chi connectivity index (χ2v) is 6.81. The van der Waals surface area contributed by atoms with Crippen molar-refractivity contribution in [3.8, 4) is 0 Å². The number of nitrogens with one attached hydrogen (secondary N) is 2. The van der Waals surface area contributed by atoms with E-state index < -0.39 is 10.0 Å². The molecule has 0 radical (unpaired) electrons. The molecular weight excluding hydrogens is 212 g/mol. The molecule has 2 rings (SSSR count). The minimum atomic E-state index is -3.03. The molecule has 15 heavy (non-hydrogen) atoms. The molecule has 1 atom stereocenters. The Morgan fingerprint density at radius 1 is 1.47 bits per heavy atom. The Morgan fingerprint density at radius 3 is 2.73 bits per heavy atom. The van der Waals surface area contributed by atoms with Gasteiger partial charge in [0.1, 0.15) is 0 Å². The highest BCUT2D eigenvalue weighted by Crippen LogP contribution is 2.38. The number of hydrogen-bond acceptors (Lipinski definition) is 3. The molecular formula is C10H20N2O2S. The lowest BCUT2D eigenvalue weighted by Crippen LogP contribution is -2.59. The van der Waals surface area contributed by atoms with Crippen LogP contribution in [0.5, 0.6) is 0 Å². The third kappa shape index (κ3) is 2.52. The molecule has 1 saturated carbocycles. The second-order valence-electron chi connectivity index (χ2n) is 4.77. The van der Waals surface area contributed by atoms with Crippen molar-refractivity contribution in [3.05, 3.63) is 0 Å². The van der Waals surface area contributed by atoms with Crippen molar-refractivity contribution in [2.45, 2.75) is 50.6 Å². The fourth-order valence-corrected chi connectivity index (χ4v) is 3.46. The molecule has 5 heteroatoms. The van der Waals surface area contributed by atoms with E-state index >= 15 is 0 Å². The van der Waals surface area contributed by atoms with Gasteiger partial charge in [0.2, 0.25) is 10.0 Å². The lowest BCUT2D eigenvalue weighted by atomic mass is 9.70. The molecule has 2 aliphatic rings. The Bertz CT molecular complexity index is 322. The van der Waals surface area contributed by atoms with E-state index in [-0.39, 0.29) is 17.3 Å². The maximum Gasteiger partial charge on any atom is 0.211 e. The lowest BCUT2D eigenvalue weighted by molar-refractivity contribution is 0.126. The highest BCUT2D eigenvalue weighted by Gasteiger charge is 2.41. The fraction of sp³-hybridized carbons (Fsp3) is 1.00. The standard InChI is InChI=1S/C10H20N2O2S/c1-2-15(13,14)12-9-4-7-11-10(8-9)5-3-6-10/h9,11-12H,2-8H2,1H3. The molecule has 0 aromatic rings. The third-order valence-corrected chi connectivity index (χ3v) is 5.12. The summed E-state index contributed by atoms with van der Waals surface area (Å²) in [5.74, 6) is 0.184. The van der Waals surface area contributed by atoms with Gasteiger partial charge in [-0.1, -0.05) is 0 Å². The first-order chi connectivity index (χ1) is 7.05. The zero-order valence-electron chi connectivity index (χ0n) is 9.25. The van der Waals surface area contributed by atoms with Crippen LogP contribution < -0.4 is 10.0 Å². The molecule has 1 aliphatic heterocycles. The third-order valence-electron chi connectivity index (χ3n) is 3.67. The van der Waals surface area contributed by atoms with Gasteiger partial charge >= 0.3 is 0 Å². The van der Waals surface area contributed by atoms with Gasteiger partial charge in [-0.25, -0.2) is 13.1 Å². The van der Waals surface area contributed by atoms with E-state index in [9.17, 15) is 8.42 Å². The van der Waals surface area contributed by atoms with Crippen LogP contribution in [-0.2, 0) is 10.0 Å². The molecule has 0 bridgehead atoms. The van der Waals surface area contributed by atoms with E-state index in [4.69, 9.17) is 0 Å². The van der Waals surface area contributed by atoms with Gasteiger partial charge < -0.3 is 5.32 Å². The molecule has 2 fully saturated rings. The Kier molecular flexibility index (Phi) is 3.05. The number of sulfonamides is 1. The lowest BCUT2D eigenvalue weighted by Gasteiger charge is -2.48. The smallest absolute Gasteiger partial charge is 0.211 e. The molecule has 1 unspecified atom stereocenters. The minimum absolute atomic E-state index is 0.150. The van der Waals surface area contributed by atoms with Gasteiger partial charge in [-0.05, 0) is 45.6 Å². The van der Waals surface area contributed by atoms with E-state index in [0.717, 1.165) is 19.4 Å². The average Bonchev–Trinajstić information content (AvgIpc) is 2.15. The van der Waals surface area contributed by atoms with E-state index in [0.29, 0.717) is 0 Å². The van der Waals surface area contributed by atoms with Gasteiger partial charge in [0.15, 0.2) is 0 Å². The fourth-order valence-electron chi connectivity index (χ4n) is 2.58. The molecule has 1 heterocycles. The molecule has 1 aliphatic carbocycles. The topological polar surface area (TPSA) is 58.2 Å². The molecule has 0 aromatic carbocycles. The van der Waals surface area contributed by atoms with Crippen LogP contribution in [0.2, 0.25) is 0 Å². The predicted molar refractivity (Wildman–Crippen MR) is 60.2 cm³/mol. The van der Waals surface area contributed by atoms with Crippen molar-refractivity contribution in [2.24, 2.45) is 0 Å². The molecule has 4 nitrogen and oxygen atoms in total. The summed E-state index contributed by atoms with van der Waals surface area (Å²) in [6, 6.07) is 0.150. The molecule has 1 spiro atoms.